The quantitative estimate of drug-likeness (QED) is 0.848. The molecule has 1 spiro atoms. The maximum atomic E-state index is 12.9. The van der Waals surface area contributed by atoms with Gasteiger partial charge in [0, 0.05) is 18.1 Å². The molecule has 6 heteroatoms. The van der Waals surface area contributed by atoms with Crippen molar-refractivity contribution in [3.8, 4) is 0 Å². The second kappa shape index (κ2) is 8.38. The maximum absolute atomic E-state index is 12.9. The monoisotopic (exact) mass is 391 g/mol. The molecule has 0 aromatic heterocycles. The lowest BCUT2D eigenvalue weighted by molar-refractivity contribution is -0.0926. The normalized spacial score (nSPS) is 23.7. The molecule has 0 unspecified atom stereocenters. The number of carbonyl (C=O) groups is 1. The van der Waals surface area contributed by atoms with E-state index in [0.717, 1.165) is 37.5 Å². The van der Waals surface area contributed by atoms with Crippen LogP contribution in [0.25, 0.3) is 0 Å². The number of rotatable bonds is 4. The van der Waals surface area contributed by atoms with Crippen LogP contribution < -0.4 is 5.32 Å². The van der Waals surface area contributed by atoms with Crippen molar-refractivity contribution in [3.63, 3.8) is 0 Å². The third kappa shape index (κ3) is 4.41. The number of urea groups is 1. The van der Waals surface area contributed by atoms with Crippen molar-refractivity contribution in [2.45, 2.75) is 50.2 Å². The average Bonchev–Trinajstić information content (AvgIpc) is 3.36. The Morgan fingerprint density at radius 1 is 1.11 bits per heavy atom. The number of likely N-dealkylation sites (tertiary alicyclic amines) is 1. The van der Waals surface area contributed by atoms with Gasteiger partial charge in [-0.15, -0.1) is 0 Å². The number of ether oxygens (including phenoxy) is 1. The first kappa shape index (κ1) is 19.0. The third-order valence-corrected chi connectivity index (χ3v) is 6.59. The summed E-state index contributed by atoms with van der Waals surface area (Å²) in [6, 6.07) is 8.29. The zero-order valence-electron chi connectivity index (χ0n) is 16.0. The van der Waals surface area contributed by atoms with Crippen molar-refractivity contribution < 1.29 is 9.53 Å². The highest BCUT2D eigenvalue weighted by Gasteiger charge is 2.40. The summed E-state index contributed by atoms with van der Waals surface area (Å²) < 4.78 is 6.05. The fourth-order valence-electron chi connectivity index (χ4n) is 4.83. The van der Waals surface area contributed by atoms with E-state index in [0.29, 0.717) is 19.7 Å². The van der Waals surface area contributed by atoms with Gasteiger partial charge in [0.2, 0.25) is 0 Å². The molecule has 3 fully saturated rings. The van der Waals surface area contributed by atoms with Gasteiger partial charge in [0.25, 0.3) is 0 Å². The Morgan fingerprint density at radius 2 is 1.81 bits per heavy atom. The van der Waals surface area contributed by atoms with E-state index in [1.54, 1.807) is 0 Å². The topological polar surface area (TPSA) is 44.8 Å². The Kier molecular flexibility index (Phi) is 5.90. The second-order valence-corrected chi connectivity index (χ2v) is 8.59. The number of carbonyl (C=O) groups excluding carboxylic acids is 1. The van der Waals surface area contributed by atoms with Crippen molar-refractivity contribution in [2.75, 3.05) is 39.3 Å². The van der Waals surface area contributed by atoms with Crippen LogP contribution in [0.1, 0.15) is 50.1 Å². The molecular weight excluding hydrogens is 362 g/mol. The minimum Gasteiger partial charge on any atom is -0.371 e. The van der Waals surface area contributed by atoms with Gasteiger partial charge in [-0.05, 0) is 56.5 Å². The highest BCUT2D eigenvalue weighted by molar-refractivity contribution is 6.30. The first-order valence-electron chi connectivity index (χ1n) is 10.3. The van der Waals surface area contributed by atoms with E-state index in [2.05, 4.69) is 22.3 Å². The predicted octanol–water partition coefficient (Wildman–Crippen LogP) is 3.83. The molecule has 4 rings (SSSR count). The Morgan fingerprint density at radius 3 is 2.52 bits per heavy atom. The standard InChI is InChI=1S/C21H30ClN3O2/c22-18-7-5-17(6-8-18)19(24-11-3-4-12-24)15-23-20(26)25-13-14-27-21(16-25)9-1-2-10-21/h5-8,19H,1-4,9-16H2,(H,23,26)/t19-/m0/s1. The molecule has 0 radical (unpaired) electrons. The fraction of sp³-hybridized carbons (Fsp3) is 0.667. The van der Waals surface area contributed by atoms with Gasteiger partial charge in [-0.2, -0.15) is 0 Å². The Balaban J connectivity index is 1.39. The summed E-state index contributed by atoms with van der Waals surface area (Å²) in [4.78, 5) is 17.3. The Hall–Kier alpha value is -1.30. The molecule has 1 saturated carbocycles. The number of benzene rings is 1. The van der Waals surface area contributed by atoms with Crippen LogP contribution >= 0.6 is 11.6 Å². The number of hydrogen-bond acceptors (Lipinski definition) is 3. The first-order chi connectivity index (χ1) is 13.2. The van der Waals surface area contributed by atoms with E-state index in [9.17, 15) is 4.79 Å². The molecule has 148 valence electrons. The summed E-state index contributed by atoms with van der Waals surface area (Å²) in [5.74, 6) is 0. The van der Waals surface area contributed by atoms with Crippen LogP contribution in [0.15, 0.2) is 24.3 Å². The van der Waals surface area contributed by atoms with Crippen LogP contribution in [0.5, 0.6) is 0 Å². The molecule has 2 amide bonds. The lowest BCUT2D eigenvalue weighted by Gasteiger charge is -2.40. The maximum Gasteiger partial charge on any atom is 0.317 e. The lowest BCUT2D eigenvalue weighted by atomic mass is 10.00. The summed E-state index contributed by atoms with van der Waals surface area (Å²) >= 11 is 6.06. The molecule has 27 heavy (non-hydrogen) atoms. The molecule has 1 N–H and O–H groups in total. The minimum atomic E-state index is -0.0832. The highest BCUT2D eigenvalue weighted by atomic mass is 35.5. The molecule has 1 atom stereocenters. The molecule has 1 aliphatic carbocycles. The molecular formula is C21H30ClN3O2. The second-order valence-electron chi connectivity index (χ2n) is 8.16. The average molecular weight is 392 g/mol. The van der Waals surface area contributed by atoms with Crippen molar-refractivity contribution in [1.82, 2.24) is 15.1 Å². The summed E-state index contributed by atoms with van der Waals surface area (Å²) in [6.07, 6.45) is 7.04. The van der Waals surface area contributed by atoms with Gasteiger partial charge in [-0.3, -0.25) is 4.90 Å². The van der Waals surface area contributed by atoms with E-state index in [1.165, 1.54) is 31.2 Å². The van der Waals surface area contributed by atoms with Crippen molar-refractivity contribution in [3.05, 3.63) is 34.9 Å². The largest absolute Gasteiger partial charge is 0.371 e. The highest BCUT2D eigenvalue weighted by Crippen LogP contribution is 2.35. The van der Waals surface area contributed by atoms with Gasteiger partial charge in [-0.25, -0.2) is 4.79 Å². The molecule has 0 bridgehead atoms. The van der Waals surface area contributed by atoms with Crippen LogP contribution in [-0.4, -0.2) is 60.8 Å². The molecule has 2 heterocycles. The van der Waals surface area contributed by atoms with Crippen LogP contribution in [0.4, 0.5) is 4.79 Å². The van der Waals surface area contributed by atoms with Crippen LogP contribution in [0.3, 0.4) is 0 Å². The third-order valence-electron chi connectivity index (χ3n) is 6.33. The lowest BCUT2D eigenvalue weighted by Crippen LogP contribution is -2.55. The zero-order valence-corrected chi connectivity index (χ0v) is 16.7. The first-order valence-corrected chi connectivity index (χ1v) is 10.7. The van der Waals surface area contributed by atoms with Gasteiger partial charge < -0.3 is 15.0 Å². The van der Waals surface area contributed by atoms with E-state index >= 15 is 0 Å². The van der Waals surface area contributed by atoms with Crippen molar-refractivity contribution in [1.29, 1.82) is 0 Å². The molecule has 1 aromatic carbocycles. The molecule has 2 aliphatic heterocycles. The molecule has 3 aliphatic rings. The van der Waals surface area contributed by atoms with Gasteiger partial charge >= 0.3 is 6.03 Å². The van der Waals surface area contributed by atoms with Crippen LogP contribution in [0, 0.1) is 0 Å². The number of nitrogens with zero attached hydrogens (tertiary/aromatic N) is 2. The fourth-order valence-corrected chi connectivity index (χ4v) is 4.96. The van der Waals surface area contributed by atoms with Crippen molar-refractivity contribution >= 4 is 17.6 Å². The molecule has 1 aromatic rings. The van der Waals surface area contributed by atoms with E-state index in [-0.39, 0.29) is 17.7 Å². The molecule has 2 saturated heterocycles. The van der Waals surface area contributed by atoms with Gasteiger partial charge in [0.1, 0.15) is 0 Å². The Bertz CT molecular complexity index is 639. The Labute approximate surface area is 167 Å². The van der Waals surface area contributed by atoms with Crippen LogP contribution in [-0.2, 0) is 4.74 Å². The van der Waals surface area contributed by atoms with E-state index in [1.807, 2.05) is 17.0 Å². The van der Waals surface area contributed by atoms with E-state index < -0.39 is 0 Å². The number of morpholine rings is 1. The van der Waals surface area contributed by atoms with Gasteiger partial charge in [-0.1, -0.05) is 36.6 Å². The minimum absolute atomic E-state index is 0.0442. The molecule has 5 nitrogen and oxygen atoms in total. The van der Waals surface area contributed by atoms with E-state index in [4.69, 9.17) is 16.3 Å². The number of nitrogens with one attached hydrogen (secondary N) is 1. The van der Waals surface area contributed by atoms with Gasteiger partial charge in [0.15, 0.2) is 0 Å². The summed E-state index contributed by atoms with van der Waals surface area (Å²) in [5, 5.41) is 3.95. The van der Waals surface area contributed by atoms with Crippen molar-refractivity contribution in [2.24, 2.45) is 0 Å². The van der Waals surface area contributed by atoms with Crippen LogP contribution in [0.2, 0.25) is 5.02 Å². The number of halogens is 1. The summed E-state index contributed by atoms with van der Waals surface area (Å²) in [6.45, 7) is 4.87. The SMILES string of the molecule is O=C(NC[C@@H](c1ccc(Cl)cc1)N1CCCC1)N1CCOC2(CCCC2)C1. The number of amides is 2. The number of hydrogen-bond donors (Lipinski definition) is 1. The zero-order chi connectivity index (χ0) is 18.7. The van der Waals surface area contributed by atoms with Gasteiger partial charge in [0.05, 0.1) is 24.8 Å². The predicted molar refractivity (Wildman–Crippen MR) is 107 cm³/mol. The summed E-state index contributed by atoms with van der Waals surface area (Å²) in [7, 11) is 0. The summed E-state index contributed by atoms with van der Waals surface area (Å²) in [5.41, 5.74) is 1.14. The smallest absolute Gasteiger partial charge is 0.317 e.